The number of hydrogen-bond donors (Lipinski definition) is 2. The number of likely N-dealkylation sites (N-methyl/N-ethyl adjacent to an activating group) is 1. The number of fused-ring (bicyclic) bond motifs is 2. The van der Waals surface area contributed by atoms with Crippen molar-refractivity contribution < 1.29 is 22.8 Å². The molecule has 3 atom stereocenters. The fourth-order valence-corrected chi connectivity index (χ4v) is 6.09. The van der Waals surface area contributed by atoms with Crippen molar-refractivity contribution in [2.75, 3.05) is 28.9 Å². The van der Waals surface area contributed by atoms with E-state index in [0.717, 1.165) is 17.2 Å². The zero-order valence-electron chi connectivity index (χ0n) is 25.7. The van der Waals surface area contributed by atoms with Crippen LogP contribution >= 0.6 is 12.4 Å². The van der Waals surface area contributed by atoms with Crippen LogP contribution in [-0.2, 0) is 30.8 Å². The fourth-order valence-electron chi connectivity index (χ4n) is 5.50. The Labute approximate surface area is 273 Å². The molecule has 0 spiro atoms. The van der Waals surface area contributed by atoms with E-state index in [2.05, 4.69) is 16.7 Å². The fraction of sp³-hybridized carbons (Fsp3) is 0.281. The third-order valence-corrected chi connectivity index (χ3v) is 8.63. The molecule has 2 heterocycles. The second-order valence-electron chi connectivity index (χ2n) is 11.0. The molecular formula is C32H34ClN7O5S. The Balaban J connectivity index is 0.00000480. The van der Waals surface area contributed by atoms with Crippen LogP contribution in [0.25, 0.3) is 16.6 Å². The molecule has 0 saturated carbocycles. The number of benzene rings is 3. The zero-order chi connectivity index (χ0) is 32.5. The molecule has 3 aromatic carbocycles. The normalized spacial score (nSPS) is 17.0. The number of rotatable bonds is 8. The minimum atomic E-state index is -3.72. The summed E-state index contributed by atoms with van der Waals surface area (Å²) in [6.07, 6.45) is 0.969. The maximum absolute atomic E-state index is 14.5. The number of nitrogens with one attached hydrogen (secondary N) is 2. The monoisotopic (exact) mass is 663 g/mol. The lowest BCUT2D eigenvalue weighted by Crippen LogP contribution is -2.60. The molecule has 0 aliphatic carbocycles. The summed E-state index contributed by atoms with van der Waals surface area (Å²) in [5.74, 6) is -2.47. The first-order valence-corrected chi connectivity index (χ1v) is 16.3. The molecule has 1 aliphatic rings. The van der Waals surface area contributed by atoms with Crippen LogP contribution in [-0.4, -0.2) is 73.1 Å². The summed E-state index contributed by atoms with van der Waals surface area (Å²) in [5, 5.41) is 21.0. The molecule has 0 fully saturated rings. The lowest BCUT2D eigenvalue weighted by atomic mass is 10.1. The number of sulfone groups is 1. The number of nitrogens with zero attached hydrogens (tertiary/aromatic N) is 5. The number of nitriles is 1. The maximum Gasteiger partial charge on any atom is 0.252 e. The molecule has 0 unspecified atom stereocenters. The molecule has 14 heteroatoms. The highest BCUT2D eigenvalue weighted by atomic mass is 35.5. The second-order valence-corrected chi connectivity index (χ2v) is 13.1. The first kappa shape index (κ1) is 34.1. The first-order chi connectivity index (χ1) is 21.4. The Morgan fingerprint density at radius 1 is 1.00 bits per heavy atom. The van der Waals surface area contributed by atoms with Crippen LogP contribution in [0, 0.1) is 11.3 Å². The van der Waals surface area contributed by atoms with Gasteiger partial charge < -0.3 is 20.4 Å². The van der Waals surface area contributed by atoms with Crippen molar-refractivity contribution in [2.45, 2.75) is 38.5 Å². The highest BCUT2D eigenvalue weighted by Gasteiger charge is 2.43. The van der Waals surface area contributed by atoms with Crippen LogP contribution in [0.15, 0.2) is 72.8 Å². The average Bonchev–Trinajstić information content (AvgIpc) is 3.35. The van der Waals surface area contributed by atoms with Crippen molar-refractivity contribution in [1.82, 2.24) is 20.4 Å². The highest BCUT2D eigenvalue weighted by molar-refractivity contribution is 7.91. The lowest BCUT2D eigenvalue weighted by molar-refractivity contribution is -0.129. The predicted molar refractivity (Wildman–Crippen MR) is 178 cm³/mol. The van der Waals surface area contributed by atoms with Crippen LogP contribution < -0.4 is 20.4 Å². The largest absolute Gasteiger partial charge is 0.341 e. The topological polar surface area (TPSA) is 158 Å². The molecule has 2 N–H and O–H groups in total. The Morgan fingerprint density at radius 2 is 1.61 bits per heavy atom. The molecule has 0 saturated heterocycles. The van der Waals surface area contributed by atoms with Gasteiger partial charge >= 0.3 is 0 Å². The minimum absolute atomic E-state index is 0. The molecule has 1 aromatic heterocycles. The summed E-state index contributed by atoms with van der Waals surface area (Å²) in [5.41, 5.74) is 2.90. The molecule has 1 aliphatic heterocycles. The Morgan fingerprint density at radius 3 is 2.26 bits per heavy atom. The number of carbonyl (C=O) groups is 3. The average molecular weight is 664 g/mol. The summed E-state index contributed by atoms with van der Waals surface area (Å²) in [6.45, 7) is 3.20. The van der Waals surface area contributed by atoms with E-state index in [0.29, 0.717) is 28.3 Å². The van der Waals surface area contributed by atoms with Crippen molar-refractivity contribution in [1.29, 1.82) is 5.26 Å². The Bertz CT molecular complexity index is 1960. The molecule has 0 bridgehead atoms. The quantitative estimate of drug-likeness (QED) is 0.291. The Hall–Kier alpha value is -4.77. The van der Waals surface area contributed by atoms with Crippen LogP contribution in [0.5, 0.6) is 0 Å². The zero-order valence-corrected chi connectivity index (χ0v) is 27.3. The molecule has 46 heavy (non-hydrogen) atoms. The van der Waals surface area contributed by atoms with Gasteiger partial charge in [0.1, 0.15) is 17.9 Å². The van der Waals surface area contributed by atoms with E-state index >= 15 is 0 Å². The number of hydrogen-bond acceptors (Lipinski definition) is 8. The van der Waals surface area contributed by atoms with E-state index in [4.69, 9.17) is 5.10 Å². The molecule has 4 aromatic rings. The van der Waals surface area contributed by atoms with Gasteiger partial charge in [-0.15, -0.1) is 12.4 Å². The SMILES string of the molecule is CN[C@@H](C)C(=O)N[C@@H]1C(=O)N(Cc2nn(-c3ccccc3C#N)c3ccccc23)c2ccccc2N(C(=O)CS(C)(=O)=O)[C@H]1C.Cl. The molecule has 5 rings (SSSR count). The second kappa shape index (κ2) is 13.7. The molecular weight excluding hydrogens is 630 g/mol. The maximum atomic E-state index is 14.5. The lowest BCUT2D eigenvalue weighted by Gasteiger charge is -2.32. The third kappa shape index (κ3) is 6.60. The summed E-state index contributed by atoms with van der Waals surface area (Å²) in [6, 6.07) is 20.6. The standard InChI is InChI=1S/C32H33N7O5S.ClH/c1-20(34-3)31(41)35-30-21(2)38(29(40)19-45(4,43)44)28-16-10-9-15-27(28)37(32(30)42)18-24-23-12-6-8-14-26(23)39(36-24)25-13-7-5-11-22(25)17-33;/h5-16,20-21,30,34H,18-19H2,1-4H3,(H,35,41);1H/t20-,21-,30-;/m0./s1. The van der Waals surface area contributed by atoms with Crippen molar-refractivity contribution >= 4 is 62.2 Å². The van der Waals surface area contributed by atoms with Crippen molar-refractivity contribution in [3.63, 3.8) is 0 Å². The van der Waals surface area contributed by atoms with Gasteiger partial charge in [-0.05, 0) is 51.2 Å². The smallest absolute Gasteiger partial charge is 0.252 e. The molecule has 240 valence electrons. The van der Waals surface area contributed by atoms with Crippen LogP contribution in [0.3, 0.4) is 0 Å². The number of carbonyl (C=O) groups excluding carboxylic acids is 3. The molecule has 3 amide bonds. The van der Waals surface area contributed by atoms with Gasteiger partial charge in [0, 0.05) is 11.6 Å². The number of aromatic nitrogens is 2. The van der Waals surface area contributed by atoms with E-state index in [1.54, 1.807) is 68.0 Å². The van der Waals surface area contributed by atoms with Crippen LogP contribution in [0.2, 0.25) is 0 Å². The summed E-state index contributed by atoms with van der Waals surface area (Å²) in [4.78, 5) is 43.9. The van der Waals surface area contributed by atoms with Gasteiger partial charge in [-0.25, -0.2) is 13.1 Å². The third-order valence-electron chi connectivity index (χ3n) is 7.86. The van der Waals surface area contributed by atoms with Gasteiger partial charge in [-0.2, -0.15) is 10.4 Å². The van der Waals surface area contributed by atoms with E-state index < -0.39 is 51.4 Å². The van der Waals surface area contributed by atoms with E-state index in [1.807, 2.05) is 30.3 Å². The predicted octanol–water partition coefficient (Wildman–Crippen LogP) is 2.72. The minimum Gasteiger partial charge on any atom is -0.341 e. The van der Waals surface area contributed by atoms with Gasteiger partial charge in [-0.3, -0.25) is 14.4 Å². The number of anilines is 2. The van der Waals surface area contributed by atoms with Crippen molar-refractivity contribution in [3.05, 3.63) is 84.1 Å². The van der Waals surface area contributed by atoms with E-state index in [9.17, 15) is 28.1 Å². The van der Waals surface area contributed by atoms with Gasteiger partial charge in [-0.1, -0.05) is 42.5 Å². The first-order valence-electron chi connectivity index (χ1n) is 14.3. The van der Waals surface area contributed by atoms with Gasteiger partial charge in [0.15, 0.2) is 9.84 Å². The van der Waals surface area contributed by atoms with E-state index in [1.165, 1.54) is 9.80 Å². The number of halogens is 1. The van der Waals surface area contributed by atoms with Gasteiger partial charge in [0.2, 0.25) is 11.8 Å². The van der Waals surface area contributed by atoms with E-state index in [-0.39, 0.29) is 19.0 Å². The van der Waals surface area contributed by atoms with Crippen LogP contribution in [0.1, 0.15) is 25.1 Å². The molecule has 0 radical (unpaired) electrons. The number of amides is 3. The van der Waals surface area contributed by atoms with Gasteiger partial charge in [0.05, 0.1) is 52.5 Å². The van der Waals surface area contributed by atoms with Crippen molar-refractivity contribution in [3.8, 4) is 11.8 Å². The summed E-state index contributed by atoms with van der Waals surface area (Å²) < 4.78 is 26.1. The summed E-state index contributed by atoms with van der Waals surface area (Å²) >= 11 is 0. The highest BCUT2D eigenvalue weighted by Crippen LogP contribution is 2.37. The Kier molecular flexibility index (Phi) is 10.2. The van der Waals surface area contributed by atoms with Crippen LogP contribution in [0.4, 0.5) is 11.4 Å². The van der Waals surface area contributed by atoms with Crippen molar-refractivity contribution in [2.24, 2.45) is 0 Å². The van der Waals surface area contributed by atoms with Gasteiger partial charge in [0.25, 0.3) is 5.91 Å². The molecule has 12 nitrogen and oxygen atoms in total. The number of para-hydroxylation sites is 4. The summed E-state index contributed by atoms with van der Waals surface area (Å²) in [7, 11) is -2.11.